The van der Waals surface area contributed by atoms with Crippen LogP contribution in [-0.2, 0) is 4.79 Å². The Balaban J connectivity index is 1.89. The number of hydrogen-bond acceptors (Lipinski definition) is 2. The van der Waals surface area contributed by atoms with E-state index >= 15 is 0 Å². The van der Waals surface area contributed by atoms with E-state index in [-0.39, 0.29) is 5.92 Å². The first-order valence-electron chi connectivity index (χ1n) is 7.23. The van der Waals surface area contributed by atoms with Gasteiger partial charge in [0.15, 0.2) is 0 Å². The van der Waals surface area contributed by atoms with Crippen LogP contribution in [-0.4, -0.2) is 36.5 Å². The molecule has 0 bridgehead atoms. The average Bonchev–Trinajstić information content (AvgIpc) is 3.19. The van der Waals surface area contributed by atoms with Crippen LogP contribution in [0.4, 0.5) is 0 Å². The molecule has 0 aromatic heterocycles. The standard InChI is InChI=1S/C14H26N2O/c1-3-11(2)14(17)16(13-4-5-13)10-12-6-8-15-9-7-12/h11-13,15H,3-10H2,1-2H3. The summed E-state index contributed by atoms with van der Waals surface area (Å²) in [5, 5.41) is 3.39. The fourth-order valence-electron chi connectivity index (χ4n) is 2.61. The summed E-state index contributed by atoms with van der Waals surface area (Å²) in [5.74, 6) is 1.33. The zero-order chi connectivity index (χ0) is 12.3. The molecule has 0 aromatic carbocycles. The van der Waals surface area contributed by atoms with E-state index in [2.05, 4.69) is 24.1 Å². The van der Waals surface area contributed by atoms with E-state index < -0.39 is 0 Å². The van der Waals surface area contributed by atoms with Gasteiger partial charge in [-0.05, 0) is 51.1 Å². The van der Waals surface area contributed by atoms with Gasteiger partial charge in [-0.3, -0.25) is 4.79 Å². The van der Waals surface area contributed by atoms with Gasteiger partial charge in [-0.1, -0.05) is 13.8 Å². The van der Waals surface area contributed by atoms with Crippen molar-refractivity contribution >= 4 is 5.91 Å². The van der Waals surface area contributed by atoms with Gasteiger partial charge in [0, 0.05) is 18.5 Å². The predicted molar refractivity (Wildman–Crippen MR) is 69.8 cm³/mol. The van der Waals surface area contributed by atoms with Crippen LogP contribution in [0.15, 0.2) is 0 Å². The Hall–Kier alpha value is -0.570. The van der Waals surface area contributed by atoms with E-state index in [1.807, 2.05) is 0 Å². The molecule has 98 valence electrons. The molecule has 0 spiro atoms. The number of carbonyl (C=O) groups excluding carboxylic acids is 1. The smallest absolute Gasteiger partial charge is 0.225 e. The van der Waals surface area contributed by atoms with Crippen molar-refractivity contribution < 1.29 is 4.79 Å². The molecule has 17 heavy (non-hydrogen) atoms. The van der Waals surface area contributed by atoms with Gasteiger partial charge in [0.2, 0.25) is 5.91 Å². The van der Waals surface area contributed by atoms with Crippen LogP contribution in [0.1, 0.15) is 46.0 Å². The molecule has 2 rings (SSSR count). The van der Waals surface area contributed by atoms with Gasteiger partial charge in [0.05, 0.1) is 0 Å². The van der Waals surface area contributed by atoms with Crippen LogP contribution in [0.5, 0.6) is 0 Å². The summed E-state index contributed by atoms with van der Waals surface area (Å²) in [5.41, 5.74) is 0. The lowest BCUT2D eigenvalue weighted by atomic mass is 9.96. The van der Waals surface area contributed by atoms with Crippen LogP contribution in [0.3, 0.4) is 0 Å². The second-order valence-electron chi connectivity index (χ2n) is 5.72. The third-order valence-electron chi connectivity index (χ3n) is 4.22. The maximum atomic E-state index is 12.3. The van der Waals surface area contributed by atoms with Crippen molar-refractivity contribution in [1.29, 1.82) is 0 Å². The largest absolute Gasteiger partial charge is 0.339 e. The highest BCUT2D eigenvalue weighted by atomic mass is 16.2. The molecule has 1 heterocycles. The minimum absolute atomic E-state index is 0.206. The summed E-state index contributed by atoms with van der Waals surface area (Å²) in [4.78, 5) is 14.5. The molecule has 3 heteroatoms. The van der Waals surface area contributed by atoms with Crippen LogP contribution >= 0.6 is 0 Å². The number of hydrogen-bond donors (Lipinski definition) is 1. The normalized spacial score (nSPS) is 23.4. The van der Waals surface area contributed by atoms with Gasteiger partial charge in [-0.15, -0.1) is 0 Å². The fraction of sp³-hybridized carbons (Fsp3) is 0.929. The lowest BCUT2D eigenvalue weighted by molar-refractivity contribution is -0.136. The predicted octanol–water partition coefficient (Wildman–Crippen LogP) is 2.02. The van der Waals surface area contributed by atoms with E-state index in [4.69, 9.17) is 0 Å². The van der Waals surface area contributed by atoms with Gasteiger partial charge in [-0.25, -0.2) is 0 Å². The van der Waals surface area contributed by atoms with Gasteiger partial charge in [0.25, 0.3) is 0 Å². The van der Waals surface area contributed by atoms with Gasteiger partial charge >= 0.3 is 0 Å². The maximum Gasteiger partial charge on any atom is 0.225 e. The molecule has 1 amide bonds. The van der Waals surface area contributed by atoms with Crippen molar-refractivity contribution in [1.82, 2.24) is 10.2 Å². The second kappa shape index (κ2) is 5.85. The Morgan fingerprint density at radius 3 is 2.47 bits per heavy atom. The molecule has 2 aliphatic rings. The lowest BCUT2D eigenvalue weighted by Crippen LogP contribution is -2.42. The van der Waals surface area contributed by atoms with E-state index in [0.717, 1.165) is 32.0 Å². The number of rotatable bonds is 5. The molecule has 1 aliphatic carbocycles. The summed E-state index contributed by atoms with van der Waals surface area (Å²) < 4.78 is 0. The number of nitrogens with zero attached hydrogens (tertiary/aromatic N) is 1. The summed E-state index contributed by atoms with van der Waals surface area (Å²) in [6, 6.07) is 0.575. The first-order chi connectivity index (χ1) is 8.22. The molecule has 1 aliphatic heterocycles. The Morgan fingerprint density at radius 1 is 1.29 bits per heavy atom. The summed E-state index contributed by atoms with van der Waals surface area (Å²) in [6.07, 6.45) is 5.89. The molecule has 1 atom stereocenters. The highest BCUT2D eigenvalue weighted by molar-refractivity contribution is 5.79. The SMILES string of the molecule is CCC(C)C(=O)N(CC1CCNCC1)C1CC1. The number of nitrogens with one attached hydrogen (secondary N) is 1. The second-order valence-corrected chi connectivity index (χ2v) is 5.72. The Bertz CT molecular complexity index is 257. The topological polar surface area (TPSA) is 32.3 Å². The van der Waals surface area contributed by atoms with E-state index in [0.29, 0.717) is 11.9 Å². The fourth-order valence-corrected chi connectivity index (χ4v) is 2.61. The lowest BCUT2D eigenvalue weighted by Gasteiger charge is -2.31. The average molecular weight is 238 g/mol. The molecular weight excluding hydrogens is 212 g/mol. The van der Waals surface area contributed by atoms with Crippen molar-refractivity contribution in [2.75, 3.05) is 19.6 Å². The van der Waals surface area contributed by atoms with Crippen molar-refractivity contribution in [3.63, 3.8) is 0 Å². The molecule has 3 nitrogen and oxygen atoms in total. The molecule has 1 saturated carbocycles. The first kappa shape index (κ1) is 12.9. The molecule has 1 unspecified atom stereocenters. The maximum absolute atomic E-state index is 12.3. The van der Waals surface area contributed by atoms with Crippen LogP contribution < -0.4 is 5.32 Å². The Morgan fingerprint density at radius 2 is 1.94 bits per heavy atom. The van der Waals surface area contributed by atoms with E-state index in [1.54, 1.807) is 0 Å². The van der Waals surface area contributed by atoms with Crippen molar-refractivity contribution in [3.05, 3.63) is 0 Å². The van der Waals surface area contributed by atoms with Crippen molar-refractivity contribution in [2.45, 2.75) is 52.0 Å². The Labute approximate surface area is 105 Å². The highest BCUT2D eigenvalue weighted by Gasteiger charge is 2.35. The first-order valence-corrected chi connectivity index (χ1v) is 7.23. The Kier molecular flexibility index (Phi) is 4.43. The molecule has 0 aromatic rings. The third kappa shape index (κ3) is 3.44. The summed E-state index contributed by atoms with van der Waals surface area (Å²) >= 11 is 0. The molecular formula is C14H26N2O. The van der Waals surface area contributed by atoms with Gasteiger partial charge in [0.1, 0.15) is 0 Å². The molecule has 1 N–H and O–H groups in total. The number of amides is 1. The summed E-state index contributed by atoms with van der Waals surface area (Å²) in [7, 11) is 0. The van der Waals surface area contributed by atoms with Crippen molar-refractivity contribution in [2.24, 2.45) is 11.8 Å². The molecule has 1 saturated heterocycles. The quantitative estimate of drug-likeness (QED) is 0.795. The van der Waals surface area contributed by atoms with Crippen LogP contribution in [0, 0.1) is 11.8 Å². The number of carbonyl (C=O) groups is 1. The zero-order valence-electron chi connectivity index (χ0n) is 11.2. The van der Waals surface area contributed by atoms with Crippen LogP contribution in [0.2, 0.25) is 0 Å². The minimum Gasteiger partial charge on any atom is -0.339 e. The molecule has 2 fully saturated rings. The summed E-state index contributed by atoms with van der Waals surface area (Å²) in [6.45, 7) is 7.44. The zero-order valence-corrected chi connectivity index (χ0v) is 11.2. The molecule has 0 radical (unpaired) electrons. The van der Waals surface area contributed by atoms with Gasteiger partial charge in [-0.2, -0.15) is 0 Å². The van der Waals surface area contributed by atoms with Crippen LogP contribution in [0.25, 0.3) is 0 Å². The highest BCUT2D eigenvalue weighted by Crippen LogP contribution is 2.30. The van der Waals surface area contributed by atoms with E-state index in [9.17, 15) is 4.79 Å². The van der Waals surface area contributed by atoms with Crippen molar-refractivity contribution in [3.8, 4) is 0 Å². The van der Waals surface area contributed by atoms with E-state index in [1.165, 1.54) is 25.7 Å². The van der Waals surface area contributed by atoms with Gasteiger partial charge < -0.3 is 10.2 Å². The number of piperidine rings is 1. The third-order valence-corrected chi connectivity index (χ3v) is 4.22. The monoisotopic (exact) mass is 238 g/mol. The minimum atomic E-state index is 0.206.